The van der Waals surface area contributed by atoms with Crippen LogP contribution in [0.1, 0.15) is 12.8 Å². The highest BCUT2D eigenvalue weighted by Crippen LogP contribution is 2.27. The fourth-order valence-corrected chi connectivity index (χ4v) is 1.86. The molecule has 0 atom stereocenters. The van der Waals surface area contributed by atoms with Crippen molar-refractivity contribution in [3.63, 3.8) is 0 Å². The Balaban J connectivity index is 1.82. The normalized spacial score (nSPS) is 15.7. The summed E-state index contributed by atoms with van der Waals surface area (Å²) in [6.07, 6.45) is 5.79. The van der Waals surface area contributed by atoms with Gasteiger partial charge in [-0.05, 0) is 18.9 Å². The molecule has 1 aliphatic rings. The Bertz CT molecular complexity index is 419. The number of rotatable bonds is 3. The number of aromatic nitrogens is 2. The van der Waals surface area contributed by atoms with Crippen molar-refractivity contribution < 1.29 is 4.42 Å². The monoisotopic (exact) mass is 207 g/mol. The first-order valence-electron chi connectivity index (χ1n) is 4.54. The molecule has 0 radical (unpaired) electrons. The predicted molar refractivity (Wildman–Crippen MR) is 54.3 cm³/mol. The Morgan fingerprint density at radius 3 is 3.14 bits per heavy atom. The lowest BCUT2D eigenvalue weighted by molar-refractivity contribution is 0.568. The Kier molecular flexibility index (Phi) is 1.77. The maximum atomic E-state index is 4.98. The van der Waals surface area contributed by atoms with Crippen LogP contribution < -0.4 is 5.32 Å². The van der Waals surface area contributed by atoms with E-state index in [1.807, 2.05) is 6.07 Å². The number of furan rings is 1. The van der Waals surface area contributed by atoms with Crippen molar-refractivity contribution in [3.05, 3.63) is 18.6 Å². The second kappa shape index (κ2) is 3.09. The molecule has 0 saturated heterocycles. The lowest BCUT2D eigenvalue weighted by Gasteiger charge is -1.94. The molecule has 0 unspecified atom stereocenters. The first-order chi connectivity index (χ1) is 6.92. The van der Waals surface area contributed by atoms with E-state index in [1.165, 1.54) is 24.4 Å². The van der Waals surface area contributed by atoms with E-state index in [1.54, 1.807) is 12.5 Å². The third-order valence-electron chi connectivity index (χ3n) is 2.11. The lowest BCUT2D eigenvalue weighted by Crippen LogP contribution is -1.99. The highest BCUT2D eigenvalue weighted by molar-refractivity contribution is 7.09. The van der Waals surface area contributed by atoms with Crippen LogP contribution >= 0.6 is 11.5 Å². The van der Waals surface area contributed by atoms with Gasteiger partial charge < -0.3 is 9.73 Å². The van der Waals surface area contributed by atoms with Crippen molar-refractivity contribution in [2.45, 2.75) is 18.9 Å². The zero-order chi connectivity index (χ0) is 9.38. The molecule has 5 heteroatoms. The molecular formula is C9H9N3OS. The van der Waals surface area contributed by atoms with Crippen molar-refractivity contribution in [2.24, 2.45) is 0 Å². The van der Waals surface area contributed by atoms with Crippen LogP contribution in [-0.4, -0.2) is 15.4 Å². The van der Waals surface area contributed by atoms with Crippen LogP contribution in [0.25, 0.3) is 11.4 Å². The molecular weight excluding hydrogens is 198 g/mol. The molecule has 0 bridgehead atoms. The summed E-state index contributed by atoms with van der Waals surface area (Å²) >= 11 is 1.40. The van der Waals surface area contributed by atoms with Crippen molar-refractivity contribution >= 4 is 16.7 Å². The van der Waals surface area contributed by atoms with E-state index in [-0.39, 0.29) is 0 Å². The molecule has 0 aliphatic heterocycles. The Morgan fingerprint density at radius 2 is 2.43 bits per heavy atom. The van der Waals surface area contributed by atoms with E-state index < -0.39 is 0 Å². The maximum absolute atomic E-state index is 4.98. The number of nitrogens with one attached hydrogen (secondary N) is 1. The fourth-order valence-electron chi connectivity index (χ4n) is 1.19. The highest BCUT2D eigenvalue weighted by Gasteiger charge is 2.22. The van der Waals surface area contributed by atoms with Gasteiger partial charge in [-0.15, -0.1) is 0 Å². The van der Waals surface area contributed by atoms with Gasteiger partial charge in [-0.2, -0.15) is 9.36 Å². The molecule has 1 saturated carbocycles. The summed E-state index contributed by atoms with van der Waals surface area (Å²) in [6, 6.07) is 2.49. The molecule has 2 aromatic heterocycles. The highest BCUT2D eigenvalue weighted by atomic mass is 32.1. The van der Waals surface area contributed by atoms with Gasteiger partial charge >= 0.3 is 0 Å². The van der Waals surface area contributed by atoms with Crippen LogP contribution in [0, 0.1) is 0 Å². The van der Waals surface area contributed by atoms with E-state index in [4.69, 9.17) is 4.42 Å². The van der Waals surface area contributed by atoms with Crippen LogP contribution in [0.5, 0.6) is 0 Å². The summed E-state index contributed by atoms with van der Waals surface area (Å²) in [7, 11) is 0. The minimum absolute atomic E-state index is 0.625. The minimum Gasteiger partial charge on any atom is -0.472 e. The van der Waals surface area contributed by atoms with Crippen LogP contribution in [0.3, 0.4) is 0 Å². The molecule has 1 N–H and O–H groups in total. The minimum atomic E-state index is 0.625. The van der Waals surface area contributed by atoms with Gasteiger partial charge in [-0.3, -0.25) is 0 Å². The molecule has 2 heterocycles. The second-order valence-corrected chi connectivity index (χ2v) is 4.11. The zero-order valence-corrected chi connectivity index (χ0v) is 8.25. The number of anilines is 1. The quantitative estimate of drug-likeness (QED) is 0.839. The van der Waals surface area contributed by atoms with E-state index in [0.29, 0.717) is 6.04 Å². The summed E-state index contributed by atoms with van der Waals surface area (Å²) in [5, 5.41) is 4.22. The molecule has 14 heavy (non-hydrogen) atoms. The van der Waals surface area contributed by atoms with Crippen molar-refractivity contribution in [2.75, 3.05) is 5.32 Å². The molecule has 1 fully saturated rings. The van der Waals surface area contributed by atoms with Crippen LogP contribution in [0.15, 0.2) is 23.0 Å². The average Bonchev–Trinajstić information content (AvgIpc) is 2.71. The SMILES string of the molecule is c1cc(-c2nsc(NC3CC3)n2)co1. The number of nitrogens with zero attached hydrogens (tertiary/aromatic N) is 2. The first-order valence-corrected chi connectivity index (χ1v) is 5.32. The number of hydrogen-bond acceptors (Lipinski definition) is 5. The van der Waals surface area contributed by atoms with Gasteiger partial charge in [-0.25, -0.2) is 0 Å². The van der Waals surface area contributed by atoms with Gasteiger partial charge in [0.15, 0.2) is 5.82 Å². The Labute approximate surface area is 85.1 Å². The topological polar surface area (TPSA) is 51.0 Å². The summed E-state index contributed by atoms with van der Waals surface area (Å²) in [4.78, 5) is 4.37. The second-order valence-electron chi connectivity index (χ2n) is 3.35. The predicted octanol–water partition coefficient (Wildman–Crippen LogP) is 2.37. The summed E-state index contributed by atoms with van der Waals surface area (Å²) < 4.78 is 9.22. The van der Waals surface area contributed by atoms with E-state index in [2.05, 4.69) is 14.7 Å². The van der Waals surface area contributed by atoms with Gasteiger partial charge in [0.1, 0.15) is 6.26 Å². The van der Waals surface area contributed by atoms with Gasteiger partial charge in [0.05, 0.1) is 11.8 Å². The van der Waals surface area contributed by atoms with Crippen molar-refractivity contribution in [1.29, 1.82) is 0 Å². The molecule has 3 rings (SSSR count). The Morgan fingerprint density at radius 1 is 1.50 bits per heavy atom. The van der Waals surface area contributed by atoms with Gasteiger partial charge in [0, 0.05) is 17.6 Å². The third-order valence-corrected chi connectivity index (χ3v) is 2.76. The molecule has 0 spiro atoms. The molecule has 1 aliphatic carbocycles. The largest absolute Gasteiger partial charge is 0.472 e. The molecule has 2 aromatic rings. The standard InChI is InChI=1S/C9H9N3OS/c1-2-7(1)10-9-11-8(12-14-9)6-3-4-13-5-6/h3-5,7H,1-2H2,(H,10,11,12). The van der Waals surface area contributed by atoms with Crippen molar-refractivity contribution in [1.82, 2.24) is 9.36 Å². The van der Waals surface area contributed by atoms with E-state index >= 15 is 0 Å². The van der Waals surface area contributed by atoms with Gasteiger partial charge in [0.2, 0.25) is 5.13 Å². The van der Waals surface area contributed by atoms with E-state index in [9.17, 15) is 0 Å². The average molecular weight is 207 g/mol. The molecule has 0 aromatic carbocycles. The third kappa shape index (κ3) is 1.50. The van der Waals surface area contributed by atoms with Gasteiger partial charge in [0.25, 0.3) is 0 Å². The molecule has 72 valence electrons. The van der Waals surface area contributed by atoms with Crippen LogP contribution in [-0.2, 0) is 0 Å². The fraction of sp³-hybridized carbons (Fsp3) is 0.333. The number of hydrogen-bond donors (Lipinski definition) is 1. The first kappa shape index (κ1) is 7.99. The van der Waals surface area contributed by atoms with Crippen molar-refractivity contribution in [3.8, 4) is 11.4 Å². The zero-order valence-electron chi connectivity index (χ0n) is 7.43. The van der Waals surface area contributed by atoms with Gasteiger partial charge in [-0.1, -0.05) is 0 Å². The smallest absolute Gasteiger partial charge is 0.203 e. The van der Waals surface area contributed by atoms with Crippen LogP contribution in [0.2, 0.25) is 0 Å². The summed E-state index contributed by atoms with van der Waals surface area (Å²) in [5.41, 5.74) is 0.935. The molecule has 0 amide bonds. The van der Waals surface area contributed by atoms with E-state index in [0.717, 1.165) is 16.5 Å². The summed E-state index contributed by atoms with van der Waals surface area (Å²) in [5.74, 6) is 0.743. The van der Waals surface area contributed by atoms with Crippen LogP contribution in [0.4, 0.5) is 5.13 Å². The summed E-state index contributed by atoms with van der Waals surface area (Å²) in [6.45, 7) is 0. The molecule has 4 nitrogen and oxygen atoms in total. The Hall–Kier alpha value is -1.36. The lowest BCUT2D eigenvalue weighted by atomic mass is 10.3. The maximum Gasteiger partial charge on any atom is 0.203 e.